The van der Waals surface area contributed by atoms with Gasteiger partial charge in [-0.2, -0.15) is 0 Å². The fraction of sp³-hybridized carbons (Fsp3) is 0.400. The number of rotatable bonds is 9. The summed E-state index contributed by atoms with van der Waals surface area (Å²) in [6, 6.07) is 5.16. The third-order valence-electron chi connectivity index (χ3n) is 5.38. The largest absolute Gasteiger partial charge is 0.467 e. The van der Waals surface area contributed by atoms with Crippen LogP contribution in [0.4, 0.5) is 10.5 Å². The van der Waals surface area contributed by atoms with E-state index in [1.165, 1.54) is 0 Å². The summed E-state index contributed by atoms with van der Waals surface area (Å²) in [7, 11) is 1.16. The molecule has 3 rings (SSSR count). The maximum Gasteiger partial charge on any atom is 0.338 e. The number of anilines is 1. The van der Waals surface area contributed by atoms with Gasteiger partial charge in [0, 0.05) is 12.2 Å². The number of fused-ring (bicyclic) bond motifs is 1. The Morgan fingerprint density at radius 2 is 1.87 bits per heavy atom. The average Bonchev–Trinajstić information content (AvgIpc) is 3.44. The zero-order chi connectivity index (χ0) is 28.0. The zero-order valence-electron chi connectivity index (χ0n) is 21.8. The summed E-state index contributed by atoms with van der Waals surface area (Å²) in [4.78, 5) is 67.3. The first-order valence-electron chi connectivity index (χ1n) is 11.8. The van der Waals surface area contributed by atoms with Crippen LogP contribution in [0.15, 0.2) is 24.3 Å². The molecule has 0 radical (unpaired) electrons. The number of hydroxylamine groups is 1. The van der Waals surface area contributed by atoms with E-state index in [2.05, 4.69) is 26.7 Å². The molecule has 38 heavy (non-hydrogen) atoms. The lowest BCUT2D eigenvalue weighted by Gasteiger charge is -2.20. The molecule has 1 aromatic heterocycles. The number of nitrogens with one attached hydrogen (secondary N) is 5. The van der Waals surface area contributed by atoms with Crippen LogP contribution in [0.5, 0.6) is 0 Å². The van der Waals surface area contributed by atoms with E-state index in [1.54, 1.807) is 39.8 Å². The maximum atomic E-state index is 12.9. The fourth-order valence-electron chi connectivity index (χ4n) is 3.55. The number of carbonyl (C=O) groups is 5. The molecule has 1 aromatic carbocycles. The van der Waals surface area contributed by atoms with Crippen molar-refractivity contribution in [2.45, 2.75) is 52.3 Å². The summed E-state index contributed by atoms with van der Waals surface area (Å²) in [5, 5.41) is 10.6. The van der Waals surface area contributed by atoms with Crippen LogP contribution in [-0.4, -0.2) is 55.0 Å². The van der Waals surface area contributed by atoms with Gasteiger partial charge in [0.2, 0.25) is 5.91 Å². The van der Waals surface area contributed by atoms with Crippen molar-refractivity contribution in [3.63, 3.8) is 0 Å². The standard InChI is InChI=1S/C25H31N5O7S/c1-13-9-18(21(32)26-11-14-7-6-8-16-15(14)10-19(31)28-16)38-20(13)22(33)29-17(23(34)36-5)12-27-24(35)30-37-25(2,3)4/h6-9,17H,10-12H2,1-5H3,(H,26,32)(H,28,31)(H,29,33)(H2,27,30,35)/t17-/m0/s1. The van der Waals surface area contributed by atoms with Gasteiger partial charge in [0.1, 0.15) is 6.04 Å². The first-order chi connectivity index (χ1) is 17.9. The normalized spacial score (nSPS) is 13.1. The number of benzene rings is 1. The number of ether oxygens (including phenoxy) is 1. The van der Waals surface area contributed by atoms with Gasteiger partial charge in [0.25, 0.3) is 11.8 Å². The molecule has 0 saturated heterocycles. The minimum absolute atomic E-state index is 0.0948. The Hall–Kier alpha value is -3.97. The summed E-state index contributed by atoms with van der Waals surface area (Å²) < 4.78 is 4.74. The van der Waals surface area contributed by atoms with Gasteiger partial charge >= 0.3 is 12.0 Å². The van der Waals surface area contributed by atoms with E-state index in [0.717, 1.165) is 35.3 Å². The van der Waals surface area contributed by atoms with E-state index in [9.17, 15) is 24.0 Å². The minimum Gasteiger partial charge on any atom is -0.467 e. The van der Waals surface area contributed by atoms with Crippen LogP contribution < -0.4 is 26.7 Å². The Kier molecular flexibility index (Phi) is 9.07. The number of thiophene rings is 1. The highest BCUT2D eigenvalue weighted by molar-refractivity contribution is 7.16. The lowest BCUT2D eigenvalue weighted by atomic mass is 10.0. The molecule has 1 aliphatic heterocycles. The number of esters is 1. The lowest BCUT2D eigenvalue weighted by Crippen LogP contribution is -2.51. The number of hydrogen-bond donors (Lipinski definition) is 5. The quantitative estimate of drug-likeness (QED) is 0.237. The Morgan fingerprint density at radius 3 is 2.55 bits per heavy atom. The molecule has 1 atom stereocenters. The third-order valence-corrected chi connectivity index (χ3v) is 6.61. The van der Waals surface area contributed by atoms with Crippen LogP contribution in [-0.2, 0) is 32.1 Å². The molecular weight excluding hydrogens is 514 g/mol. The average molecular weight is 546 g/mol. The van der Waals surface area contributed by atoms with Crippen molar-refractivity contribution in [1.82, 2.24) is 21.4 Å². The number of hydrogen-bond acceptors (Lipinski definition) is 8. The van der Waals surface area contributed by atoms with Gasteiger partial charge in [-0.3, -0.25) is 19.2 Å². The second kappa shape index (κ2) is 12.0. The molecule has 2 heterocycles. The van der Waals surface area contributed by atoms with E-state index in [0.29, 0.717) is 10.4 Å². The van der Waals surface area contributed by atoms with Crippen molar-refractivity contribution in [3.8, 4) is 0 Å². The monoisotopic (exact) mass is 545 g/mol. The highest BCUT2D eigenvalue weighted by Gasteiger charge is 2.26. The summed E-state index contributed by atoms with van der Waals surface area (Å²) in [6.07, 6.45) is 0.255. The summed E-state index contributed by atoms with van der Waals surface area (Å²) in [5.41, 5.74) is 4.54. The Morgan fingerprint density at radius 1 is 1.13 bits per heavy atom. The first kappa shape index (κ1) is 28.6. The molecule has 0 aliphatic carbocycles. The number of carbonyl (C=O) groups excluding carboxylic acids is 5. The molecule has 13 heteroatoms. The lowest BCUT2D eigenvalue weighted by molar-refractivity contribution is -0.142. The van der Waals surface area contributed by atoms with Crippen molar-refractivity contribution in [2.75, 3.05) is 19.0 Å². The fourth-order valence-corrected chi connectivity index (χ4v) is 4.54. The Labute approximate surface area is 223 Å². The van der Waals surface area contributed by atoms with Gasteiger partial charge in [-0.05, 0) is 56.5 Å². The predicted molar refractivity (Wildman–Crippen MR) is 140 cm³/mol. The molecule has 2 aromatic rings. The van der Waals surface area contributed by atoms with Gasteiger partial charge < -0.3 is 26.0 Å². The van der Waals surface area contributed by atoms with Crippen LogP contribution in [0.25, 0.3) is 0 Å². The second-order valence-corrected chi connectivity index (χ2v) is 10.6. The SMILES string of the molecule is COC(=O)[C@H](CNC(=O)NOC(C)(C)C)NC(=O)c1sc(C(=O)NCc2cccc3c2CC(=O)N3)cc1C. The Bertz CT molecular complexity index is 1250. The van der Waals surface area contributed by atoms with Crippen molar-refractivity contribution >= 4 is 46.7 Å². The van der Waals surface area contributed by atoms with Crippen molar-refractivity contribution in [1.29, 1.82) is 0 Å². The Balaban J connectivity index is 1.61. The zero-order valence-corrected chi connectivity index (χ0v) is 22.6. The van der Waals surface area contributed by atoms with Crippen LogP contribution in [0, 0.1) is 6.92 Å². The molecule has 0 spiro atoms. The van der Waals surface area contributed by atoms with Gasteiger partial charge in [0.05, 0.1) is 35.4 Å². The molecule has 5 N–H and O–H groups in total. The van der Waals surface area contributed by atoms with Crippen molar-refractivity contribution < 1.29 is 33.5 Å². The molecule has 1 aliphatic rings. The molecule has 12 nitrogen and oxygen atoms in total. The van der Waals surface area contributed by atoms with Crippen LogP contribution in [0.1, 0.15) is 56.8 Å². The number of urea groups is 1. The summed E-state index contributed by atoms with van der Waals surface area (Å²) in [6.45, 7) is 6.87. The molecule has 0 saturated carbocycles. The van der Waals surface area contributed by atoms with Crippen LogP contribution >= 0.6 is 11.3 Å². The molecule has 204 valence electrons. The molecule has 0 bridgehead atoms. The van der Waals surface area contributed by atoms with Crippen molar-refractivity contribution in [2.24, 2.45) is 0 Å². The van der Waals surface area contributed by atoms with Gasteiger partial charge in [-0.15, -0.1) is 11.3 Å². The van der Waals surface area contributed by atoms with E-state index in [-0.39, 0.29) is 36.2 Å². The topological polar surface area (TPSA) is 164 Å². The van der Waals surface area contributed by atoms with Gasteiger partial charge in [-0.1, -0.05) is 12.1 Å². The van der Waals surface area contributed by atoms with Gasteiger partial charge in [-0.25, -0.2) is 15.1 Å². The van der Waals surface area contributed by atoms with Gasteiger partial charge in [0.15, 0.2) is 0 Å². The summed E-state index contributed by atoms with van der Waals surface area (Å²) >= 11 is 0.971. The van der Waals surface area contributed by atoms with Crippen LogP contribution in [0.3, 0.4) is 0 Å². The van der Waals surface area contributed by atoms with Crippen LogP contribution in [0.2, 0.25) is 0 Å². The highest BCUT2D eigenvalue weighted by Crippen LogP contribution is 2.27. The highest BCUT2D eigenvalue weighted by atomic mass is 32.1. The minimum atomic E-state index is -1.18. The molecular formula is C25H31N5O7S. The number of aryl methyl sites for hydroxylation is 1. The first-order valence-corrected chi connectivity index (χ1v) is 12.6. The predicted octanol–water partition coefficient (Wildman–Crippen LogP) is 1.78. The molecule has 0 unspecified atom stereocenters. The smallest absolute Gasteiger partial charge is 0.338 e. The number of amides is 5. The maximum absolute atomic E-state index is 12.9. The second-order valence-electron chi connectivity index (χ2n) is 9.55. The molecule has 5 amide bonds. The van der Waals surface area contributed by atoms with E-state index >= 15 is 0 Å². The van der Waals surface area contributed by atoms with E-state index < -0.39 is 29.6 Å². The van der Waals surface area contributed by atoms with E-state index in [4.69, 9.17) is 9.57 Å². The van der Waals surface area contributed by atoms with Crippen molar-refractivity contribution in [3.05, 3.63) is 50.7 Å². The number of methoxy groups -OCH3 is 1. The summed E-state index contributed by atoms with van der Waals surface area (Å²) in [5.74, 6) is -1.83. The van der Waals surface area contributed by atoms with E-state index in [1.807, 2.05) is 12.1 Å². The molecule has 0 fully saturated rings. The third kappa shape index (κ3) is 7.52.